The summed E-state index contributed by atoms with van der Waals surface area (Å²) < 4.78 is 7.47. The predicted molar refractivity (Wildman–Crippen MR) is 202 cm³/mol. The predicted octanol–water partition coefficient (Wildman–Crippen LogP) is 11.6. The maximum absolute atomic E-state index is 2.51. The molecular weight excluding hydrogens is 583 g/mol. The number of benzene rings is 7. The maximum atomic E-state index is 2.51. The molecule has 1 aliphatic heterocycles. The average Bonchev–Trinajstić information content (AvgIpc) is 3.77. The second kappa shape index (κ2) is 9.05. The molecule has 10 aromatic rings. The number of fused-ring (bicyclic) bond motifs is 12. The second-order valence-corrected chi connectivity index (χ2v) is 13.8. The van der Waals surface area contributed by atoms with Crippen LogP contribution in [0.25, 0.3) is 82.5 Å². The van der Waals surface area contributed by atoms with Gasteiger partial charge in [0.2, 0.25) is 0 Å². The number of hydrogen-bond donors (Lipinski definition) is 0. The summed E-state index contributed by atoms with van der Waals surface area (Å²) in [7, 11) is 0. The Morgan fingerprint density at radius 2 is 0.979 bits per heavy atom. The van der Waals surface area contributed by atoms with Crippen LogP contribution in [-0.2, 0) is 5.41 Å². The Morgan fingerprint density at radius 1 is 0.375 bits per heavy atom. The fourth-order valence-corrected chi connectivity index (χ4v) is 8.91. The van der Waals surface area contributed by atoms with Crippen LogP contribution < -0.4 is 0 Å². The summed E-state index contributed by atoms with van der Waals surface area (Å²) in [5.74, 6) is 0. The van der Waals surface area contributed by atoms with Crippen molar-refractivity contribution in [3.63, 3.8) is 0 Å². The third-order valence-electron chi connectivity index (χ3n) is 11.0. The quantitative estimate of drug-likeness (QED) is 0.184. The number of nitrogens with zero attached hydrogens (tertiary/aromatic N) is 3. The zero-order valence-corrected chi connectivity index (χ0v) is 26.8. The SMILES string of the molecule is CC1(C)c2ccccc2-n2c3ccccc3c3cc(-n4c5ccccc5c5c4ccc4c6ccccc6n(-c6ccccc6)c45)cc1c32. The van der Waals surface area contributed by atoms with Gasteiger partial charge < -0.3 is 13.7 Å². The highest BCUT2D eigenvalue weighted by Crippen LogP contribution is 2.49. The molecule has 0 amide bonds. The Labute approximate surface area is 277 Å². The van der Waals surface area contributed by atoms with Gasteiger partial charge in [-0.2, -0.15) is 0 Å². The molecule has 3 nitrogen and oxygen atoms in total. The van der Waals surface area contributed by atoms with E-state index in [1.807, 2.05) is 0 Å². The normalized spacial score (nSPS) is 13.8. The van der Waals surface area contributed by atoms with Crippen LogP contribution in [0.15, 0.2) is 152 Å². The third-order valence-corrected chi connectivity index (χ3v) is 11.0. The number of rotatable bonds is 2. The van der Waals surface area contributed by atoms with Gasteiger partial charge in [0.15, 0.2) is 0 Å². The molecule has 1 aliphatic rings. The second-order valence-electron chi connectivity index (χ2n) is 13.8. The monoisotopic (exact) mass is 613 g/mol. The zero-order chi connectivity index (χ0) is 31.7. The molecule has 11 rings (SSSR count). The van der Waals surface area contributed by atoms with E-state index in [4.69, 9.17) is 0 Å². The molecule has 0 fully saturated rings. The topological polar surface area (TPSA) is 14.8 Å². The Hall–Kier alpha value is -6.06. The molecule has 226 valence electrons. The Balaban J connectivity index is 1.33. The highest BCUT2D eigenvalue weighted by atomic mass is 15.0. The molecule has 7 aromatic carbocycles. The van der Waals surface area contributed by atoms with Gasteiger partial charge in [-0.05, 0) is 65.7 Å². The smallest absolute Gasteiger partial charge is 0.0641 e. The third kappa shape index (κ3) is 3.14. The molecule has 0 spiro atoms. The van der Waals surface area contributed by atoms with Crippen molar-refractivity contribution in [2.24, 2.45) is 0 Å². The van der Waals surface area contributed by atoms with E-state index in [0.717, 1.165) is 0 Å². The van der Waals surface area contributed by atoms with Crippen LogP contribution >= 0.6 is 0 Å². The van der Waals surface area contributed by atoms with Gasteiger partial charge in [0, 0.05) is 49.1 Å². The van der Waals surface area contributed by atoms with Crippen molar-refractivity contribution < 1.29 is 0 Å². The molecule has 0 aliphatic carbocycles. The van der Waals surface area contributed by atoms with Crippen LogP contribution in [0.2, 0.25) is 0 Å². The van der Waals surface area contributed by atoms with Crippen LogP contribution in [0.3, 0.4) is 0 Å². The van der Waals surface area contributed by atoms with Crippen molar-refractivity contribution in [1.29, 1.82) is 0 Å². The summed E-state index contributed by atoms with van der Waals surface area (Å²) in [6.45, 7) is 4.78. The molecule has 3 aromatic heterocycles. The van der Waals surface area contributed by atoms with Crippen LogP contribution in [0.5, 0.6) is 0 Å². The fraction of sp³-hybridized carbons (Fsp3) is 0.0667. The first-order chi connectivity index (χ1) is 23.6. The minimum Gasteiger partial charge on any atom is -0.309 e. The average molecular weight is 614 g/mol. The standard InChI is InChI=1S/C45H31N3/c1-45(2)35-19-9-13-23-40(35)48-38-21-11-7-17-31(38)34-26-29(27-36(45)43(34)48)46-39-22-12-8-18-33(39)42-41(46)25-24-32-30-16-6-10-20-37(30)47(44(32)42)28-14-4-3-5-15-28/h3-27H,1-2H3. The van der Waals surface area contributed by atoms with E-state index in [9.17, 15) is 0 Å². The maximum Gasteiger partial charge on any atom is 0.0641 e. The molecule has 4 heterocycles. The molecule has 0 atom stereocenters. The van der Waals surface area contributed by atoms with Gasteiger partial charge in [-0.1, -0.05) is 111 Å². The first kappa shape index (κ1) is 26.1. The fourth-order valence-electron chi connectivity index (χ4n) is 8.91. The Kier molecular flexibility index (Phi) is 4.91. The van der Waals surface area contributed by atoms with Gasteiger partial charge in [-0.3, -0.25) is 0 Å². The minimum atomic E-state index is -0.180. The van der Waals surface area contributed by atoms with Crippen molar-refractivity contribution in [2.75, 3.05) is 0 Å². The van der Waals surface area contributed by atoms with Crippen molar-refractivity contribution in [1.82, 2.24) is 13.7 Å². The number of hydrogen-bond acceptors (Lipinski definition) is 0. The molecule has 0 saturated heterocycles. The summed E-state index contributed by atoms with van der Waals surface area (Å²) >= 11 is 0. The molecule has 0 saturated carbocycles. The first-order valence-electron chi connectivity index (χ1n) is 16.8. The Morgan fingerprint density at radius 3 is 1.75 bits per heavy atom. The summed E-state index contributed by atoms with van der Waals surface area (Å²) in [5, 5.41) is 7.68. The van der Waals surface area contributed by atoms with E-state index in [1.54, 1.807) is 0 Å². The van der Waals surface area contributed by atoms with E-state index in [0.29, 0.717) is 0 Å². The van der Waals surface area contributed by atoms with Crippen molar-refractivity contribution >= 4 is 65.4 Å². The molecule has 0 bridgehead atoms. The van der Waals surface area contributed by atoms with Crippen LogP contribution in [0.1, 0.15) is 25.0 Å². The van der Waals surface area contributed by atoms with Crippen molar-refractivity contribution in [2.45, 2.75) is 19.3 Å². The van der Waals surface area contributed by atoms with E-state index < -0.39 is 0 Å². The van der Waals surface area contributed by atoms with Crippen LogP contribution in [-0.4, -0.2) is 13.7 Å². The molecule has 0 unspecified atom stereocenters. The largest absolute Gasteiger partial charge is 0.309 e. The Bertz CT molecular complexity index is 2970. The van der Waals surface area contributed by atoms with Gasteiger partial charge in [0.05, 0.1) is 38.8 Å². The van der Waals surface area contributed by atoms with E-state index in [1.165, 1.54) is 93.6 Å². The lowest BCUT2D eigenvalue weighted by Gasteiger charge is -2.35. The zero-order valence-electron chi connectivity index (χ0n) is 26.8. The lowest BCUT2D eigenvalue weighted by molar-refractivity contribution is 0.630. The molecule has 48 heavy (non-hydrogen) atoms. The molecule has 3 heteroatoms. The lowest BCUT2D eigenvalue weighted by atomic mass is 9.74. The van der Waals surface area contributed by atoms with Crippen LogP contribution in [0.4, 0.5) is 0 Å². The van der Waals surface area contributed by atoms with Gasteiger partial charge in [-0.25, -0.2) is 0 Å². The van der Waals surface area contributed by atoms with Crippen molar-refractivity contribution in [3.8, 4) is 17.1 Å². The summed E-state index contributed by atoms with van der Waals surface area (Å²) in [4.78, 5) is 0. The van der Waals surface area contributed by atoms with Crippen LogP contribution in [0, 0.1) is 0 Å². The van der Waals surface area contributed by atoms with E-state index in [2.05, 4.69) is 179 Å². The molecule has 0 N–H and O–H groups in total. The minimum absolute atomic E-state index is 0.180. The lowest BCUT2D eigenvalue weighted by Crippen LogP contribution is -2.26. The number of aromatic nitrogens is 3. The first-order valence-corrected chi connectivity index (χ1v) is 16.8. The van der Waals surface area contributed by atoms with Gasteiger partial charge in [-0.15, -0.1) is 0 Å². The molecule has 0 radical (unpaired) electrons. The van der Waals surface area contributed by atoms with Gasteiger partial charge in [0.1, 0.15) is 0 Å². The summed E-state index contributed by atoms with van der Waals surface area (Å²) in [5.41, 5.74) is 13.7. The highest BCUT2D eigenvalue weighted by Gasteiger charge is 2.36. The summed E-state index contributed by atoms with van der Waals surface area (Å²) in [6.07, 6.45) is 0. The van der Waals surface area contributed by atoms with Crippen molar-refractivity contribution in [3.05, 3.63) is 163 Å². The van der Waals surface area contributed by atoms with E-state index in [-0.39, 0.29) is 5.41 Å². The van der Waals surface area contributed by atoms with Gasteiger partial charge >= 0.3 is 0 Å². The summed E-state index contributed by atoms with van der Waals surface area (Å²) in [6, 6.07) is 56.0. The molecular formula is C45H31N3. The van der Waals surface area contributed by atoms with E-state index >= 15 is 0 Å². The number of para-hydroxylation sites is 5. The highest BCUT2D eigenvalue weighted by molar-refractivity contribution is 6.26. The van der Waals surface area contributed by atoms with Gasteiger partial charge in [0.25, 0.3) is 0 Å².